The Balaban J connectivity index is 1.72. The van der Waals surface area contributed by atoms with Gasteiger partial charge in [-0.05, 0) is 38.5 Å². The van der Waals surface area contributed by atoms with Crippen LogP contribution in [-0.2, 0) is 6.54 Å². The van der Waals surface area contributed by atoms with E-state index in [4.69, 9.17) is 5.11 Å². The van der Waals surface area contributed by atoms with Crippen molar-refractivity contribution in [1.82, 2.24) is 10.2 Å². The molecule has 1 aliphatic heterocycles. The van der Waals surface area contributed by atoms with E-state index in [0.717, 1.165) is 30.4 Å². The SMILES string of the molecule is CN1CCC(CNCc2cc(C(=O)O)cs2)C1. The van der Waals surface area contributed by atoms with Crippen molar-refractivity contribution in [3.63, 3.8) is 0 Å². The number of carboxylic acid groups (broad SMARTS) is 1. The maximum atomic E-state index is 10.7. The van der Waals surface area contributed by atoms with E-state index < -0.39 is 5.97 Å². The van der Waals surface area contributed by atoms with Crippen LogP contribution in [-0.4, -0.2) is 42.7 Å². The van der Waals surface area contributed by atoms with Gasteiger partial charge in [-0.1, -0.05) is 0 Å². The van der Waals surface area contributed by atoms with Crippen LogP contribution in [0.15, 0.2) is 11.4 Å². The van der Waals surface area contributed by atoms with Crippen LogP contribution in [0.5, 0.6) is 0 Å². The summed E-state index contributed by atoms with van der Waals surface area (Å²) in [5.74, 6) is -0.108. The first-order chi connectivity index (χ1) is 8.15. The molecular formula is C12H18N2O2S. The molecule has 4 nitrogen and oxygen atoms in total. The zero-order chi connectivity index (χ0) is 12.3. The third kappa shape index (κ3) is 3.52. The molecule has 0 bridgehead atoms. The summed E-state index contributed by atoms with van der Waals surface area (Å²) < 4.78 is 0. The summed E-state index contributed by atoms with van der Waals surface area (Å²) in [7, 11) is 2.15. The molecule has 0 aromatic carbocycles. The van der Waals surface area contributed by atoms with E-state index in [9.17, 15) is 4.79 Å². The summed E-state index contributed by atoms with van der Waals surface area (Å²) in [6, 6.07) is 1.75. The molecule has 17 heavy (non-hydrogen) atoms. The minimum atomic E-state index is -0.843. The van der Waals surface area contributed by atoms with E-state index in [0.29, 0.717) is 5.56 Å². The first-order valence-corrected chi connectivity index (χ1v) is 6.73. The number of nitrogens with one attached hydrogen (secondary N) is 1. The highest BCUT2D eigenvalue weighted by atomic mass is 32.1. The molecule has 1 fully saturated rings. The van der Waals surface area contributed by atoms with E-state index in [1.807, 2.05) is 0 Å². The van der Waals surface area contributed by atoms with Gasteiger partial charge in [0.25, 0.3) is 0 Å². The van der Waals surface area contributed by atoms with Crippen LogP contribution in [0.1, 0.15) is 21.7 Å². The predicted octanol–water partition coefficient (Wildman–Crippen LogP) is 1.49. The Morgan fingerprint density at radius 3 is 3.12 bits per heavy atom. The molecule has 2 heterocycles. The Morgan fingerprint density at radius 1 is 1.71 bits per heavy atom. The molecule has 5 heteroatoms. The average Bonchev–Trinajstić information content (AvgIpc) is 2.88. The van der Waals surface area contributed by atoms with Gasteiger partial charge in [0, 0.05) is 23.3 Å². The summed E-state index contributed by atoms with van der Waals surface area (Å²) in [6.45, 7) is 4.15. The summed E-state index contributed by atoms with van der Waals surface area (Å²) in [6.07, 6.45) is 1.26. The van der Waals surface area contributed by atoms with Crippen LogP contribution in [0.2, 0.25) is 0 Å². The van der Waals surface area contributed by atoms with Crippen LogP contribution < -0.4 is 5.32 Å². The number of likely N-dealkylation sites (tertiary alicyclic amines) is 1. The monoisotopic (exact) mass is 254 g/mol. The number of aromatic carboxylic acids is 1. The standard InChI is InChI=1S/C12H18N2O2S/c1-14-3-2-9(7-14)5-13-6-11-4-10(8-17-11)12(15)16/h4,8-9,13H,2-3,5-7H2,1H3,(H,15,16). The minimum absolute atomic E-state index is 0.396. The number of hydrogen-bond donors (Lipinski definition) is 2. The Labute approximate surface area is 105 Å². The second-order valence-corrected chi connectivity index (χ2v) is 5.65. The van der Waals surface area contributed by atoms with E-state index in [1.165, 1.54) is 24.3 Å². The van der Waals surface area contributed by atoms with Crippen LogP contribution in [0.3, 0.4) is 0 Å². The number of carboxylic acids is 1. The first kappa shape index (κ1) is 12.5. The van der Waals surface area contributed by atoms with Gasteiger partial charge >= 0.3 is 5.97 Å². The van der Waals surface area contributed by atoms with Gasteiger partial charge in [0.1, 0.15) is 0 Å². The molecular weight excluding hydrogens is 236 g/mol. The Morgan fingerprint density at radius 2 is 2.53 bits per heavy atom. The fourth-order valence-electron chi connectivity index (χ4n) is 2.18. The van der Waals surface area contributed by atoms with Crippen LogP contribution in [0.25, 0.3) is 0 Å². The quantitative estimate of drug-likeness (QED) is 0.836. The number of rotatable bonds is 5. The first-order valence-electron chi connectivity index (χ1n) is 5.85. The van der Waals surface area contributed by atoms with Crippen molar-refractivity contribution in [2.45, 2.75) is 13.0 Å². The number of carbonyl (C=O) groups is 1. The zero-order valence-electron chi connectivity index (χ0n) is 9.98. The van der Waals surface area contributed by atoms with Gasteiger partial charge in [0.05, 0.1) is 5.56 Å². The molecule has 94 valence electrons. The van der Waals surface area contributed by atoms with Gasteiger partial charge in [-0.2, -0.15) is 0 Å². The van der Waals surface area contributed by atoms with E-state index >= 15 is 0 Å². The third-order valence-electron chi connectivity index (χ3n) is 3.12. The van der Waals surface area contributed by atoms with Gasteiger partial charge in [0.15, 0.2) is 0 Å². The van der Waals surface area contributed by atoms with E-state index in [-0.39, 0.29) is 0 Å². The van der Waals surface area contributed by atoms with Crippen LogP contribution >= 0.6 is 11.3 Å². The number of thiophene rings is 1. The van der Waals surface area contributed by atoms with Crippen molar-refractivity contribution in [1.29, 1.82) is 0 Å². The topological polar surface area (TPSA) is 52.6 Å². The van der Waals surface area contributed by atoms with Crippen LogP contribution in [0.4, 0.5) is 0 Å². The van der Waals surface area contributed by atoms with Crippen molar-refractivity contribution >= 4 is 17.3 Å². The molecule has 0 amide bonds. The van der Waals surface area contributed by atoms with E-state index in [2.05, 4.69) is 17.3 Å². The molecule has 0 spiro atoms. The molecule has 1 aromatic rings. The van der Waals surface area contributed by atoms with Crippen LogP contribution in [0, 0.1) is 5.92 Å². The Kier molecular flexibility index (Phi) is 4.15. The highest BCUT2D eigenvalue weighted by Crippen LogP contribution is 2.16. The molecule has 1 unspecified atom stereocenters. The normalized spacial score (nSPS) is 20.9. The van der Waals surface area contributed by atoms with Crippen molar-refractivity contribution < 1.29 is 9.90 Å². The third-order valence-corrected chi connectivity index (χ3v) is 4.06. The molecule has 1 saturated heterocycles. The molecule has 1 aliphatic rings. The molecule has 1 atom stereocenters. The van der Waals surface area contributed by atoms with Gasteiger partial charge in [-0.25, -0.2) is 4.79 Å². The maximum absolute atomic E-state index is 10.7. The largest absolute Gasteiger partial charge is 0.478 e. The second kappa shape index (κ2) is 5.62. The summed E-state index contributed by atoms with van der Waals surface area (Å²) in [5.41, 5.74) is 0.396. The molecule has 2 N–H and O–H groups in total. The lowest BCUT2D eigenvalue weighted by molar-refractivity contribution is 0.0697. The van der Waals surface area contributed by atoms with E-state index in [1.54, 1.807) is 11.4 Å². The number of hydrogen-bond acceptors (Lipinski definition) is 4. The Bertz CT molecular complexity index is 392. The molecule has 2 rings (SSSR count). The summed E-state index contributed by atoms with van der Waals surface area (Å²) in [5, 5.41) is 13.9. The highest BCUT2D eigenvalue weighted by molar-refractivity contribution is 7.10. The van der Waals surface area contributed by atoms with Crippen molar-refractivity contribution in [3.8, 4) is 0 Å². The lowest BCUT2D eigenvalue weighted by Crippen LogP contribution is -2.24. The van der Waals surface area contributed by atoms with Gasteiger partial charge in [-0.15, -0.1) is 11.3 Å². The molecule has 1 aromatic heterocycles. The minimum Gasteiger partial charge on any atom is -0.478 e. The molecule has 0 aliphatic carbocycles. The summed E-state index contributed by atoms with van der Waals surface area (Å²) >= 11 is 1.51. The predicted molar refractivity (Wildman–Crippen MR) is 68.6 cm³/mol. The number of nitrogens with zero attached hydrogens (tertiary/aromatic N) is 1. The van der Waals surface area contributed by atoms with Crippen molar-refractivity contribution in [2.75, 3.05) is 26.7 Å². The second-order valence-electron chi connectivity index (χ2n) is 4.65. The highest BCUT2D eigenvalue weighted by Gasteiger charge is 2.18. The smallest absolute Gasteiger partial charge is 0.336 e. The lowest BCUT2D eigenvalue weighted by Gasteiger charge is -2.10. The van der Waals surface area contributed by atoms with Crippen molar-refractivity contribution in [3.05, 3.63) is 21.9 Å². The summed E-state index contributed by atoms with van der Waals surface area (Å²) in [4.78, 5) is 14.2. The zero-order valence-corrected chi connectivity index (χ0v) is 10.8. The van der Waals surface area contributed by atoms with Gasteiger partial charge in [0.2, 0.25) is 0 Å². The fourth-order valence-corrected chi connectivity index (χ4v) is 3.01. The van der Waals surface area contributed by atoms with Gasteiger partial charge < -0.3 is 15.3 Å². The van der Waals surface area contributed by atoms with Gasteiger partial charge in [-0.3, -0.25) is 0 Å². The lowest BCUT2D eigenvalue weighted by atomic mass is 10.1. The molecule has 0 saturated carbocycles. The fraction of sp³-hybridized carbons (Fsp3) is 0.583. The molecule has 0 radical (unpaired) electrons. The van der Waals surface area contributed by atoms with Crippen molar-refractivity contribution in [2.24, 2.45) is 5.92 Å². The maximum Gasteiger partial charge on any atom is 0.336 e. The average molecular weight is 254 g/mol. The Hall–Kier alpha value is -0.910.